The van der Waals surface area contributed by atoms with Crippen LogP contribution in [0.3, 0.4) is 0 Å². The summed E-state index contributed by atoms with van der Waals surface area (Å²) < 4.78 is 0. The molecule has 0 saturated carbocycles. The Morgan fingerprint density at radius 3 is 2.91 bits per heavy atom. The molecular weight excluding hydrogens is 308 g/mol. The Balaban J connectivity index is 1.56. The maximum absolute atomic E-state index is 12.5. The largest absolute Gasteiger partial charge is 0.396 e. The van der Waals surface area contributed by atoms with Gasteiger partial charge < -0.3 is 10.4 Å². The summed E-state index contributed by atoms with van der Waals surface area (Å²) in [5.74, 6) is 0.723. The van der Waals surface area contributed by atoms with Crippen LogP contribution in [0.5, 0.6) is 0 Å². The maximum atomic E-state index is 12.5. The summed E-state index contributed by atoms with van der Waals surface area (Å²) >= 11 is 1.73. The van der Waals surface area contributed by atoms with Gasteiger partial charge in [0.25, 0.3) is 0 Å². The Morgan fingerprint density at radius 2 is 2.13 bits per heavy atom. The standard InChI is InChI=1S/C18H20N2O2S/c21-11-13(9-14-5-3-4-8-19-14)10-20-18(22)16-12-23-17-7-2-1-6-15(16)17/h1-8,13,16,21H,9-12H2,(H,20,22). The summed E-state index contributed by atoms with van der Waals surface area (Å²) in [4.78, 5) is 17.9. The van der Waals surface area contributed by atoms with E-state index in [1.54, 1.807) is 18.0 Å². The second-order valence-corrected chi connectivity index (χ2v) is 6.78. The van der Waals surface area contributed by atoms with Crippen LogP contribution in [0.4, 0.5) is 0 Å². The first kappa shape index (κ1) is 16.0. The fourth-order valence-corrected chi connectivity index (χ4v) is 3.99. The zero-order chi connectivity index (χ0) is 16.1. The van der Waals surface area contributed by atoms with Crippen molar-refractivity contribution in [1.29, 1.82) is 0 Å². The summed E-state index contributed by atoms with van der Waals surface area (Å²) in [6.07, 6.45) is 2.41. The number of pyridine rings is 1. The van der Waals surface area contributed by atoms with E-state index in [2.05, 4.69) is 16.4 Å². The smallest absolute Gasteiger partial charge is 0.228 e. The molecule has 1 aliphatic heterocycles. The fourth-order valence-electron chi connectivity index (χ4n) is 2.76. The number of aromatic nitrogens is 1. The lowest BCUT2D eigenvalue weighted by Crippen LogP contribution is -2.35. The predicted molar refractivity (Wildman–Crippen MR) is 91.4 cm³/mol. The molecule has 4 nitrogen and oxygen atoms in total. The number of amides is 1. The van der Waals surface area contributed by atoms with Crippen LogP contribution in [0.2, 0.25) is 0 Å². The summed E-state index contributed by atoms with van der Waals surface area (Å²) in [5.41, 5.74) is 2.04. The molecule has 0 bridgehead atoms. The molecule has 2 unspecified atom stereocenters. The molecule has 1 aliphatic rings. The third kappa shape index (κ3) is 3.92. The number of carbonyl (C=O) groups excluding carboxylic acids is 1. The molecule has 0 spiro atoms. The number of carbonyl (C=O) groups is 1. The van der Waals surface area contributed by atoms with Crippen LogP contribution in [0.25, 0.3) is 0 Å². The minimum absolute atomic E-state index is 0.0156. The van der Waals surface area contributed by atoms with Crippen LogP contribution in [-0.2, 0) is 11.2 Å². The van der Waals surface area contributed by atoms with Gasteiger partial charge in [0.15, 0.2) is 0 Å². The lowest BCUT2D eigenvalue weighted by molar-refractivity contribution is -0.122. The monoisotopic (exact) mass is 328 g/mol. The molecule has 120 valence electrons. The fraction of sp³-hybridized carbons (Fsp3) is 0.333. The maximum Gasteiger partial charge on any atom is 0.228 e. The average Bonchev–Trinajstić information content (AvgIpc) is 3.03. The first-order valence-corrected chi connectivity index (χ1v) is 8.76. The van der Waals surface area contributed by atoms with E-state index >= 15 is 0 Å². The van der Waals surface area contributed by atoms with Crippen molar-refractivity contribution in [2.75, 3.05) is 18.9 Å². The number of hydrogen-bond acceptors (Lipinski definition) is 4. The lowest BCUT2D eigenvalue weighted by atomic mass is 9.99. The number of benzene rings is 1. The number of rotatable bonds is 6. The van der Waals surface area contributed by atoms with Gasteiger partial charge in [0.05, 0.1) is 5.92 Å². The molecule has 0 aliphatic carbocycles. The Bertz CT molecular complexity index is 663. The second-order valence-electron chi connectivity index (χ2n) is 5.72. The number of thioether (sulfide) groups is 1. The molecule has 0 fully saturated rings. The van der Waals surface area contributed by atoms with Crippen LogP contribution in [0.1, 0.15) is 17.2 Å². The Morgan fingerprint density at radius 1 is 1.30 bits per heavy atom. The van der Waals surface area contributed by atoms with E-state index in [0.29, 0.717) is 13.0 Å². The predicted octanol–water partition coefficient (Wildman–Crippen LogP) is 2.24. The Hall–Kier alpha value is -1.85. The number of nitrogens with zero attached hydrogens (tertiary/aromatic N) is 1. The minimum atomic E-state index is -0.0922. The quantitative estimate of drug-likeness (QED) is 0.854. The molecular formula is C18H20N2O2S. The molecule has 1 aromatic carbocycles. The highest BCUT2D eigenvalue weighted by molar-refractivity contribution is 7.99. The van der Waals surface area contributed by atoms with Crippen molar-refractivity contribution in [1.82, 2.24) is 10.3 Å². The van der Waals surface area contributed by atoms with E-state index < -0.39 is 0 Å². The van der Waals surface area contributed by atoms with Crippen molar-refractivity contribution in [3.63, 3.8) is 0 Å². The van der Waals surface area contributed by atoms with E-state index in [-0.39, 0.29) is 24.3 Å². The average molecular weight is 328 g/mol. The lowest BCUT2D eigenvalue weighted by Gasteiger charge is -2.17. The molecule has 23 heavy (non-hydrogen) atoms. The van der Waals surface area contributed by atoms with Crippen LogP contribution < -0.4 is 5.32 Å². The van der Waals surface area contributed by atoms with E-state index in [4.69, 9.17) is 0 Å². The second kappa shape index (κ2) is 7.62. The zero-order valence-electron chi connectivity index (χ0n) is 12.8. The summed E-state index contributed by atoms with van der Waals surface area (Å²) in [5, 5.41) is 12.5. The van der Waals surface area contributed by atoms with Crippen molar-refractivity contribution in [2.45, 2.75) is 17.2 Å². The van der Waals surface area contributed by atoms with Gasteiger partial charge in [-0.3, -0.25) is 9.78 Å². The minimum Gasteiger partial charge on any atom is -0.396 e. The van der Waals surface area contributed by atoms with Crippen molar-refractivity contribution in [2.24, 2.45) is 5.92 Å². The highest BCUT2D eigenvalue weighted by Crippen LogP contribution is 2.39. The van der Waals surface area contributed by atoms with Gasteiger partial charge in [-0.05, 0) is 30.2 Å². The number of hydrogen-bond donors (Lipinski definition) is 2. The van der Waals surface area contributed by atoms with Crippen molar-refractivity contribution in [3.8, 4) is 0 Å². The van der Waals surface area contributed by atoms with Crippen LogP contribution in [-0.4, -0.2) is 34.9 Å². The number of nitrogens with one attached hydrogen (secondary N) is 1. The normalized spacial score (nSPS) is 17.5. The van der Waals surface area contributed by atoms with Gasteiger partial charge in [-0.15, -0.1) is 11.8 Å². The van der Waals surface area contributed by atoms with Gasteiger partial charge >= 0.3 is 0 Å². The molecule has 0 saturated heterocycles. The number of fused-ring (bicyclic) bond motifs is 1. The van der Waals surface area contributed by atoms with Crippen molar-refractivity contribution < 1.29 is 9.90 Å². The van der Waals surface area contributed by atoms with E-state index in [1.165, 1.54) is 4.90 Å². The van der Waals surface area contributed by atoms with Gasteiger partial charge in [-0.2, -0.15) is 0 Å². The molecule has 0 radical (unpaired) electrons. The molecule has 2 heterocycles. The first-order valence-electron chi connectivity index (χ1n) is 7.78. The summed E-state index contributed by atoms with van der Waals surface area (Å²) in [6, 6.07) is 13.8. The van der Waals surface area contributed by atoms with Crippen LogP contribution >= 0.6 is 11.8 Å². The van der Waals surface area contributed by atoms with E-state index in [0.717, 1.165) is 17.0 Å². The molecule has 2 atom stereocenters. The summed E-state index contributed by atoms with van der Waals surface area (Å²) in [7, 11) is 0. The van der Waals surface area contributed by atoms with Gasteiger partial charge in [0, 0.05) is 41.6 Å². The first-order chi connectivity index (χ1) is 11.3. The third-order valence-electron chi connectivity index (χ3n) is 4.06. The summed E-state index contributed by atoms with van der Waals surface area (Å²) in [6.45, 7) is 0.502. The molecule has 3 rings (SSSR count). The Labute approximate surface area is 140 Å². The molecule has 1 aromatic heterocycles. The van der Waals surface area contributed by atoms with Crippen molar-refractivity contribution >= 4 is 17.7 Å². The molecule has 2 aromatic rings. The van der Waals surface area contributed by atoms with Gasteiger partial charge in [-0.1, -0.05) is 24.3 Å². The topological polar surface area (TPSA) is 62.2 Å². The SMILES string of the molecule is O=C(NCC(CO)Cc1ccccn1)C1CSc2ccccc21. The van der Waals surface area contributed by atoms with E-state index in [9.17, 15) is 9.90 Å². The third-order valence-corrected chi connectivity index (χ3v) is 5.25. The highest BCUT2D eigenvalue weighted by Gasteiger charge is 2.29. The van der Waals surface area contributed by atoms with E-state index in [1.807, 2.05) is 36.4 Å². The van der Waals surface area contributed by atoms with Crippen molar-refractivity contribution in [3.05, 3.63) is 59.9 Å². The number of aliphatic hydroxyl groups excluding tert-OH is 1. The van der Waals surface area contributed by atoms with Gasteiger partial charge in [-0.25, -0.2) is 0 Å². The van der Waals surface area contributed by atoms with Crippen LogP contribution in [0, 0.1) is 5.92 Å². The highest BCUT2D eigenvalue weighted by atomic mass is 32.2. The Kier molecular flexibility index (Phi) is 5.31. The van der Waals surface area contributed by atoms with Crippen LogP contribution in [0.15, 0.2) is 53.6 Å². The molecule has 1 amide bonds. The molecule has 2 N–H and O–H groups in total. The number of aliphatic hydroxyl groups is 1. The zero-order valence-corrected chi connectivity index (χ0v) is 13.6. The van der Waals surface area contributed by atoms with Gasteiger partial charge in [0.2, 0.25) is 5.91 Å². The molecule has 5 heteroatoms. The van der Waals surface area contributed by atoms with Gasteiger partial charge in [0.1, 0.15) is 0 Å².